The minimum Gasteiger partial charge on any atom is -0.493 e. The molecule has 1 aromatic rings. The average molecular weight is 278 g/mol. The van der Waals surface area contributed by atoms with E-state index in [9.17, 15) is 4.79 Å². The molecule has 0 aliphatic heterocycles. The molecule has 1 atom stereocenters. The molecule has 20 heavy (non-hydrogen) atoms. The molecule has 0 saturated heterocycles. The third kappa shape index (κ3) is 4.55. The van der Waals surface area contributed by atoms with Gasteiger partial charge in [0.2, 0.25) is 0 Å². The van der Waals surface area contributed by atoms with Crippen LogP contribution in [0.3, 0.4) is 0 Å². The Hall–Kier alpha value is -1.51. The van der Waals surface area contributed by atoms with E-state index in [1.54, 1.807) is 13.8 Å². The Kier molecular flexibility index (Phi) is 6.05. The SMILES string of the molecule is CCC(C)c1ccccc1OCCCC(C)(C)C(=O)O. The van der Waals surface area contributed by atoms with Crippen LogP contribution in [-0.4, -0.2) is 17.7 Å². The first-order valence-corrected chi connectivity index (χ1v) is 7.33. The highest BCUT2D eigenvalue weighted by Gasteiger charge is 2.26. The monoisotopic (exact) mass is 278 g/mol. The molecule has 0 aliphatic carbocycles. The summed E-state index contributed by atoms with van der Waals surface area (Å²) < 4.78 is 5.84. The molecular weight excluding hydrogens is 252 g/mol. The van der Waals surface area contributed by atoms with E-state index in [1.807, 2.05) is 18.2 Å². The smallest absolute Gasteiger partial charge is 0.309 e. The molecule has 0 radical (unpaired) electrons. The zero-order chi connectivity index (χ0) is 15.2. The van der Waals surface area contributed by atoms with Gasteiger partial charge in [0, 0.05) is 0 Å². The van der Waals surface area contributed by atoms with Crippen LogP contribution >= 0.6 is 0 Å². The van der Waals surface area contributed by atoms with E-state index in [2.05, 4.69) is 19.9 Å². The Bertz CT molecular complexity index is 438. The molecule has 112 valence electrons. The van der Waals surface area contributed by atoms with E-state index >= 15 is 0 Å². The second kappa shape index (κ2) is 7.32. The number of rotatable bonds is 8. The molecule has 1 aromatic carbocycles. The van der Waals surface area contributed by atoms with E-state index < -0.39 is 11.4 Å². The van der Waals surface area contributed by atoms with Gasteiger partial charge in [-0.1, -0.05) is 32.0 Å². The van der Waals surface area contributed by atoms with Gasteiger partial charge in [0.1, 0.15) is 5.75 Å². The highest BCUT2D eigenvalue weighted by molar-refractivity contribution is 5.73. The van der Waals surface area contributed by atoms with Crippen LogP contribution in [0.2, 0.25) is 0 Å². The number of hydrogen-bond acceptors (Lipinski definition) is 2. The summed E-state index contributed by atoms with van der Waals surface area (Å²) >= 11 is 0. The van der Waals surface area contributed by atoms with Gasteiger partial charge < -0.3 is 9.84 Å². The summed E-state index contributed by atoms with van der Waals surface area (Å²) in [7, 11) is 0. The Morgan fingerprint density at radius 1 is 1.35 bits per heavy atom. The van der Waals surface area contributed by atoms with Crippen LogP contribution in [0.4, 0.5) is 0 Å². The number of carbonyl (C=O) groups is 1. The fourth-order valence-corrected chi connectivity index (χ4v) is 2.04. The number of para-hydroxylation sites is 1. The Labute approximate surface area is 122 Å². The average Bonchev–Trinajstić information content (AvgIpc) is 2.43. The van der Waals surface area contributed by atoms with Crippen molar-refractivity contribution in [3.05, 3.63) is 29.8 Å². The van der Waals surface area contributed by atoms with Crippen molar-refractivity contribution in [1.29, 1.82) is 0 Å². The van der Waals surface area contributed by atoms with Gasteiger partial charge in [-0.3, -0.25) is 4.79 Å². The van der Waals surface area contributed by atoms with Gasteiger partial charge in [-0.15, -0.1) is 0 Å². The van der Waals surface area contributed by atoms with E-state index in [-0.39, 0.29) is 0 Å². The molecule has 1 rings (SSSR count). The van der Waals surface area contributed by atoms with E-state index in [0.717, 1.165) is 18.6 Å². The standard InChI is InChI=1S/C17H26O3/c1-5-13(2)14-9-6-7-10-15(14)20-12-8-11-17(3,4)16(18)19/h6-7,9-10,13H,5,8,11-12H2,1-4H3,(H,18,19). The number of benzene rings is 1. The second-order valence-corrected chi connectivity index (χ2v) is 5.99. The van der Waals surface area contributed by atoms with Crippen LogP contribution in [-0.2, 0) is 4.79 Å². The van der Waals surface area contributed by atoms with Crippen LogP contribution in [0.5, 0.6) is 5.75 Å². The van der Waals surface area contributed by atoms with Crippen molar-refractivity contribution in [2.45, 2.75) is 52.9 Å². The van der Waals surface area contributed by atoms with Crippen LogP contribution in [0.1, 0.15) is 58.4 Å². The van der Waals surface area contributed by atoms with Gasteiger partial charge in [0.15, 0.2) is 0 Å². The summed E-state index contributed by atoms with van der Waals surface area (Å²) in [6.07, 6.45) is 2.44. The normalized spacial score (nSPS) is 13.0. The summed E-state index contributed by atoms with van der Waals surface area (Å²) in [6, 6.07) is 8.10. The third-order valence-electron chi connectivity index (χ3n) is 3.84. The molecular formula is C17H26O3. The predicted molar refractivity (Wildman–Crippen MR) is 81.3 cm³/mol. The van der Waals surface area contributed by atoms with Crippen molar-refractivity contribution in [3.63, 3.8) is 0 Å². The summed E-state index contributed by atoms with van der Waals surface area (Å²) in [5.41, 5.74) is 0.548. The van der Waals surface area contributed by atoms with Crippen LogP contribution in [0.15, 0.2) is 24.3 Å². The molecule has 0 bridgehead atoms. The van der Waals surface area contributed by atoms with Crippen LogP contribution in [0.25, 0.3) is 0 Å². The molecule has 0 spiro atoms. The second-order valence-electron chi connectivity index (χ2n) is 5.99. The molecule has 0 amide bonds. The first-order chi connectivity index (χ1) is 9.38. The quantitative estimate of drug-likeness (QED) is 0.714. The van der Waals surface area contributed by atoms with Crippen molar-refractivity contribution in [2.75, 3.05) is 6.61 Å². The fourth-order valence-electron chi connectivity index (χ4n) is 2.04. The summed E-state index contributed by atoms with van der Waals surface area (Å²) in [5.74, 6) is 0.647. The lowest BCUT2D eigenvalue weighted by atomic mass is 9.88. The first-order valence-electron chi connectivity index (χ1n) is 7.33. The molecule has 0 aromatic heterocycles. The van der Waals surface area contributed by atoms with Gasteiger partial charge in [-0.2, -0.15) is 0 Å². The largest absolute Gasteiger partial charge is 0.493 e. The van der Waals surface area contributed by atoms with Crippen molar-refractivity contribution in [1.82, 2.24) is 0 Å². The molecule has 3 heteroatoms. The number of carboxylic acids is 1. The number of aliphatic carboxylic acids is 1. The Morgan fingerprint density at radius 2 is 2.00 bits per heavy atom. The third-order valence-corrected chi connectivity index (χ3v) is 3.84. The van der Waals surface area contributed by atoms with Gasteiger partial charge in [0.25, 0.3) is 0 Å². The molecule has 0 fully saturated rings. The lowest BCUT2D eigenvalue weighted by molar-refractivity contribution is -0.147. The zero-order valence-electron chi connectivity index (χ0n) is 13.0. The zero-order valence-corrected chi connectivity index (χ0v) is 13.0. The highest BCUT2D eigenvalue weighted by Crippen LogP contribution is 2.29. The number of carboxylic acid groups (broad SMARTS) is 1. The summed E-state index contributed by atoms with van der Waals surface area (Å²) in [6.45, 7) is 8.42. The highest BCUT2D eigenvalue weighted by atomic mass is 16.5. The molecule has 0 heterocycles. The number of hydrogen-bond donors (Lipinski definition) is 1. The van der Waals surface area contributed by atoms with Gasteiger partial charge in [-0.25, -0.2) is 0 Å². The molecule has 0 saturated carbocycles. The maximum absolute atomic E-state index is 11.0. The Morgan fingerprint density at radius 3 is 2.60 bits per heavy atom. The van der Waals surface area contributed by atoms with Gasteiger partial charge in [0.05, 0.1) is 12.0 Å². The van der Waals surface area contributed by atoms with Crippen molar-refractivity contribution in [3.8, 4) is 5.75 Å². The molecule has 1 unspecified atom stereocenters. The first kappa shape index (κ1) is 16.5. The molecule has 0 aliphatic rings. The summed E-state index contributed by atoms with van der Waals surface area (Å²) in [4.78, 5) is 11.0. The minimum atomic E-state index is -0.752. The van der Waals surface area contributed by atoms with Crippen LogP contribution < -0.4 is 4.74 Å². The minimum absolute atomic E-state index is 0.474. The number of ether oxygens (including phenoxy) is 1. The summed E-state index contributed by atoms with van der Waals surface area (Å²) in [5, 5.41) is 9.07. The van der Waals surface area contributed by atoms with Crippen molar-refractivity contribution >= 4 is 5.97 Å². The molecule has 1 N–H and O–H groups in total. The lowest BCUT2D eigenvalue weighted by Crippen LogP contribution is -2.24. The molecule has 3 nitrogen and oxygen atoms in total. The van der Waals surface area contributed by atoms with E-state index in [4.69, 9.17) is 9.84 Å². The topological polar surface area (TPSA) is 46.5 Å². The van der Waals surface area contributed by atoms with Crippen molar-refractivity contribution in [2.24, 2.45) is 5.41 Å². The van der Waals surface area contributed by atoms with E-state index in [0.29, 0.717) is 18.9 Å². The van der Waals surface area contributed by atoms with E-state index in [1.165, 1.54) is 5.56 Å². The van der Waals surface area contributed by atoms with Crippen molar-refractivity contribution < 1.29 is 14.6 Å². The predicted octanol–water partition coefficient (Wildman–Crippen LogP) is 4.47. The fraction of sp³-hybridized carbons (Fsp3) is 0.588. The lowest BCUT2D eigenvalue weighted by Gasteiger charge is -2.19. The van der Waals surface area contributed by atoms with Gasteiger partial charge in [-0.05, 0) is 50.7 Å². The maximum atomic E-state index is 11.0. The Balaban J connectivity index is 2.53. The van der Waals surface area contributed by atoms with Gasteiger partial charge >= 0.3 is 5.97 Å². The van der Waals surface area contributed by atoms with Crippen LogP contribution in [0, 0.1) is 5.41 Å². The maximum Gasteiger partial charge on any atom is 0.309 e.